The smallest absolute Gasteiger partial charge is 0.259 e. The first kappa shape index (κ1) is 14.8. The fourth-order valence-corrected chi connectivity index (χ4v) is 1.75. The molecule has 0 saturated heterocycles. The van der Waals surface area contributed by atoms with Crippen molar-refractivity contribution in [3.05, 3.63) is 42.2 Å². The largest absolute Gasteiger partial charge is 0.481 e. The van der Waals surface area contributed by atoms with Gasteiger partial charge in [-0.1, -0.05) is 6.92 Å². The maximum atomic E-state index is 12.3. The molecule has 21 heavy (non-hydrogen) atoms. The van der Waals surface area contributed by atoms with Gasteiger partial charge in [0.25, 0.3) is 5.91 Å². The minimum absolute atomic E-state index is 0.228. The SMILES string of the molecule is CCCNc1ncccc1C(=O)Nc1ccc(OC)nc1. The van der Waals surface area contributed by atoms with Crippen molar-refractivity contribution in [3.63, 3.8) is 0 Å². The summed E-state index contributed by atoms with van der Waals surface area (Å²) in [5.41, 5.74) is 1.10. The van der Waals surface area contributed by atoms with Crippen molar-refractivity contribution in [3.8, 4) is 5.88 Å². The molecule has 110 valence electrons. The van der Waals surface area contributed by atoms with E-state index < -0.39 is 0 Å². The van der Waals surface area contributed by atoms with Crippen molar-refractivity contribution >= 4 is 17.4 Å². The Labute approximate surface area is 123 Å². The molecule has 0 saturated carbocycles. The number of aromatic nitrogens is 2. The predicted molar refractivity (Wildman–Crippen MR) is 81.8 cm³/mol. The predicted octanol–water partition coefficient (Wildman–Crippen LogP) is 2.56. The van der Waals surface area contributed by atoms with Crippen LogP contribution in [0.3, 0.4) is 0 Å². The molecule has 2 rings (SSSR count). The molecular formula is C15H18N4O2. The van der Waals surface area contributed by atoms with Crippen LogP contribution >= 0.6 is 0 Å². The Kier molecular flexibility index (Phi) is 5.09. The highest BCUT2D eigenvalue weighted by atomic mass is 16.5. The molecule has 0 fully saturated rings. The molecule has 0 aliphatic heterocycles. The Bertz CT molecular complexity index is 599. The fourth-order valence-electron chi connectivity index (χ4n) is 1.75. The summed E-state index contributed by atoms with van der Waals surface area (Å²) in [6.07, 6.45) is 4.16. The zero-order chi connectivity index (χ0) is 15.1. The molecule has 2 aromatic heterocycles. The summed E-state index contributed by atoms with van der Waals surface area (Å²) in [5.74, 6) is 0.853. The first-order chi connectivity index (χ1) is 10.2. The van der Waals surface area contributed by atoms with Gasteiger partial charge >= 0.3 is 0 Å². The average molecular weight is 286 g/mol. The number of carbonyl (C=O) groups excluding carboxylic acids is 1. The van der Waals surface area contributed by atoms with Gasteiger partial charge in [0, 0.05) is 18.8 Å². The van der Waals surface area contributed by atoms with Gasteiger partial charge in [0.15, 0.2) is 0 Å². The van der Waals surface area contributed by atoms with Crippen LogP contribution in [0, 0.1) is 0 Å². The topological polar surface area (TPSA) is 76.1 Å². The van der Waals surface area contributed by atoms with E-state index in [1.807, 2.05) is 0 Å². The van der Waals surface area contributed by atoms with Crippen LogP contribution < -0.4 is 15.4 Å². The standard InChI is InChI=1S/C15H18N4O2/c1-3-8-16-14-12(5-4-9-17-14)15(20)19-11-6-7-13(21-2)18-10-11/h4-7,9-10H,3,8H2,1-2H3,(H,16,17)(H,19,20). The number of carbonyl (C=O) groups is 1. The van der Waals surface area contributed by atoms with Crippen LogP contribution in [0.1, 0.15) is 23.7 Å². The Morgan fingerprint density at radius 2 is 2.14 bits per heavy atom. The summed E-state index contributed by atoms with van der Waals surface area (Å²) in [5, 5.41) is 5.93. The van der Waals surface area contributed by atoms with E-state index in [4.69, 9.17) is 4.74 Å². The Morgan fingerprint density at radius 3 is 2.81 bits per heavy atom. The van der Waals surface area contributed by atoms with Gasteiger partial charge in [0.2, 0.25) is 5.88 Å². The quantitative estimate of drug-likeness (QED) is 0.853. The number of hydrogen-bond acceptors (Lipinski definition) is 5. The van der Waals surface area contributed by atoms with Crippen LogP contribution in [0.4, 0.5) is 11.5 Å². The summed E-state index contributed by atoms with van der Waals surface area (Å²) >= 11 is 0. The van der Waals surface area contributed by atoms with Gasteiger partial charge in [-0.25, -0.2) is 9.97 Å². The van der Waals surface area contributed by atoms with Crippen molar-refractivity contribution in [1.29, 1.82) is 0 Å². The number of ether oxygens (including phenoxy) is 1. The first-order valence-corrected chi connectivity index (χ1v) is 6.75. The highest BCUT2D eigenvalue weighted by Gasteiger charge is 2.12. The lowest BCUT2D eigenvalue weighted by molar-refractivity contribution is 0.102. The van der Waals surface area contributed by atoms with Crippen molar-refractivity contribution in [2.24, 2.45) is 0 Å². The van der Waals surface area contributed by atoms with Crippen molar-refractivity contribution in [2.45, 2.75) is 13.3 Å². The van der Waals surface area contributed by atoms with E-state index in [0.29, 0.717) is 22.9 Å². The molecular weight excluding hydrogens is 268 g/mol. The molecule has 2 N–H and O–H groups in total. The molecule has 0 radical (unpaired) electrons. The molecule has 6 heteroatoms. The number of amides is 1. The van der Waals surface area contributed by atoms with Crippen LogP contribution in [0.15, 0.2) is 36.7 Å². The molecule has 0 aliphatic rings. The number of nitrogens with zero attached hydrogens (tertiary/aromatic N) is 2. The molecule has 0 spiro atoms. The Hall–Kier alpha value is -2.63. The van der Waals surface area contributed by atoms with Gasteiger partial charge in [-0.3, -0.25) is 4.79 Å². The summed E-state index contributed by atoms with van der Waals surface area (Å²) in [7, 11) is 1.54. The first-order valence-electron chi connectivity index (χ1n) is 6.75. The monoisotopic (exact) mass is 286 g/mol. The van der Waals surface area contributed by atoms with Crippen LogP contribution in [-0.2, 0) is 0 Å². The number of anilines is 2. The third kappa shape index (κ3) is 3.92. The second kappa shape index (κ2) is 7.23. The van der Waals surface area contributed by atoms with Gasteiger partial charge in [-0.15, -0.1) is 0 Å². The molecule has 1 amide bonds. The Balaban J connectivity index is 2.12. The van der Waals surface area contributed by atoms with Crippen LogP contribution in [0.25, 0.3) is 0 Å². The van der Waals surface area contributed by atoms with E-state index in [1.54, 1.807) is 43.8 Å². The zero-order valence-electron chi connectivity index (χ0n) is 12.1. The van der Waals surface area contributed by atoms with Crippen LogP contribution in [-0.4, -0.2) is 29.5 Å². The summed E-state index contributed by atoms with van der Waals surface area (Å²) < 4.78 is 4.98. The molecule has 0 bridgehead atoms. The van der Waals surface area contributed by atoms with Gasteiger partial charge in [0.05, 0.1) is 24.6 Å². The van der Waals surface area contributed by atoms with Crippen LogP contribution in [0.5, 0.6) is 5.88 Å². The second-order valence-corrected chi connectivity index (χ2v) is 4.37. The molecule has 2 heterocycles. The van der Waals surface area contributed by atoms with Gasteiger partial charge in [0.1, 0.15) is 5.82 Å². The van der Waals surface area contributed by atoms with Crippen molar-refractivity contribution < 1.29 is 9.53 Å². The van der Waals surface area contributed by atoms with E-state index in [2.05, 4.69) is 27.5 Å². The molecule has 0 unspecified atom stereocenters. The highest BCUT2D eigenvalue weighted by Crippen LogP contribution is 2.16. The summed E-state index contributed by atoms with van der Waals surface area (Å²) in [4.78, 5) is 20.5. The Morgan fingerprint density at radius 1 is 1.29 bits per heavy atom. The van der Waals surface area contributed by atoms with Gasteiger partial charge < -0.3 is 15.4 Å². The van der Waals surface area contributed by atoms with E-state index in [-0.39, 0.29) is 5.91 Å². The number of hydrogen-bond donors (Lipinski definition) is 2. The molecule has 6 nitrogen and oxygen atoms in total. The average Bonchev–Trinajstić information content (AvgIpc) is 2.54. The maximum Gasteiger partial charge on any atom is 0.259 e. The maximum absolute atomic E-state index is 12.3. The van der Waals surface area contributed by atoms with E-state index in [1.165, 1.54) is 0 Å². The number of pyridine rings is 2. The van der Waals surface area contributed by atoms with Gasteiger partial charge in [-0.2, -0.15) is 0 Å². The van der Waals surface area contributed by atoms with Crippen molar-refractivity contribution in [2.75, 3.05) is 24.3 Å². The molecule has 0 aliphatic carbocycles. The second-order valence-electron chi connectivity index (χ2n) is 4.37. The number of rotatable bonds is 6. The summed E-state index contributed by atoms with van der Waals surface area (Å²) in [6, 6.07) is 6.89. The van der Waals surface area contributed by atoms with Gasteiger partial charge in [-0.05, 0) is 24.6 Å². The van der Waals surface area contributed by atoms with E-state index in [0.717, 1.165) is 13.0 Å². The van der Waals surface area contributed by atoms with E-state index >= 15 is 0 Å². The highest BCUT2D eigenvalue weighted by molar-refractivity contribution is 6.07. The lowest BCUT2D eigenvalue weighted by Gasteiger charge is -2.10. The minimum Gasteiger partial charge on any atom is -0.481 e. The minimum atomic E-state index is -0.228. The molecule has 0 aromatic carbocycles. The third-order valence-corrected chi connectivity index (χ3v) is 2.80. The van der Waals surface area contributed by atoms with Crippen LogP contribution in [0.2, 0.25) is 0 Å². The lowest BCUT2D eigenvalue weighted by Crippen LogP contribution is -2.16. The molecule has 2 aromatic rings. The van der Waals surface area contributed by atoms with E-state index in [9.17, 15) is 4.79 Å². The van der Waals surface area contributed by atoms with Crippen molar-refractivity contribution in [1.82, 2.24) is 9.97 Å². The lowest BCUT2D eigenvalue weighted by atomic mass is 10.2. The third-order valence-electron chi connectivity index (χ3n) is 2.80. The number of nitrogens with one attached hydrogen (secondary N) is 2. The zero-order valence-corrected chi connectivity index (χ0v) is 12.1. The number of methoxy groups -OCH3 is 1. The molecule has 0 atom stereocenters. The fraction of sp³-hybridized carbons (Fsp3) is 0.267. The normalized spacial score (nSPS) is 10.0. The summed E-state index contributed by atoms with van der Waals surface area (Å²) in [6.45, 7) is 2.82.